The molecule has 1 heterocycles. The van der Waals surface area contributed by atoms with Crippen molar-refractivity contribution in [3.63, 3.8) is 0 Å². The Kier molecular flexibility index (Phi) is 5.12. The van der Waals surface area contributed by atoms with Crippen molar-refractivity contribution < 1.29 is 4.79 Å². The Morgan fingerprint density at radius 1 is 1.52 bits per heavy atom. The standard InChI is InChI=1S/C15H22N4OS/c1-3-7-17-15(20)9(2)18-14-11(13(16)21)8-10-5-4-6-12(10)19-14/h8-9H,3-7H2,1-2H3,(H2,16,21)(H,17,20)(H,18,19). The number of carbonyl (C=O) groups excluding carboxylic acids is 1. The lowest BCUT2D eigenvalue weighted by Gasteiger charge is -2.17. The minimum atomic E-state index is -0.378. The summed E-state index contributed by atoms with van der Waals surface area (Å²) < 4.78 is 0. The molecule has 4 N–H and O–H groups in total. The third-order valence-electron chi connectivity index (χ3n) is 3.61. The molecule has 1 amide bonds. The first-order valence-electron chi connectivity index (χ1n) is 7.39. The third kappa shape index (κ3) is 3.69. The maximum atomic E-state index is 12.0. The van der Waals surface area contributed by atoms with Crippen LogP contribution in [0.15, 0.2) is 6.07 Å². The van der Waals surface area contributed by atoms with E-state index in [1.165, 1.54) is 5.56 Å². The molecular weight excluding hydrogens is 284 g/mol. The molecular formula is C15H22N4OS. The number of nitrogens with one attached hydrogen (secondary N) is 2. The minimum Gasteiger partial charge on any atom is -0.389 e. The Bertz CT molecular complexity index is 559. The van der Waals surface area contributed by atoms with Crippen molar-refractivity contribution in [2.45, 2.75) is 45.6 Å². The predicted molar refractivity (Wildman–Crippen MR) is 88.5 cm³/mol. The maximum Gasteiger partial charge on any atom is 0.242 e. The van der Waals surface area contributed by atoms with Gasteiger partial charge in [0.1, 0.15) is 16.8 Å². The predicted octanol–water partition coefficient (Wildman–Crippen LogP) is 1.53. The molecule has 1 unspecified atom stereocenters. The molecule has 0 radical (unpaired) electrons. The van der Waals surface area contributed by atoms with Gasteiger partial charge in [-0.2, -0.15) is 0 Å². The van der Waals surface area contributed by atoms with Crippen molar-refractivity contribution in [1.29, 1.82) is 0 Å². The first-order chi connectivity index (χ1) is 10.0. The van der Waals surface area contributed by atoms with E-state index in [1.54, 1.807) is 0 Å². The first-order valence-corrected chi connectivity index (χ1v) is 7.80. The summed E-state index contributed by atoms with van der Waals surface area (Å²) in [5, 5.41) is 6.00. The Morgan fingerprint density at radius 2 is 2.29 bits per heavy atom. The average molecular weight is 306 g/mol. The molecule has 1 atom stereocenters. The molecule has 114 valence electrons. The van der Waals surface area contributed by atoms with Gasteiger partial charge in [0.05, 0.1) is 5.56 Å². The monoisotopic (exact) mass is 306 g/mol. The molecule has 1 aromatic heterocycles. The van der Waals surface area contributed by atoms with Crippen LogP contribution in [0.5, 0.6) is 0 Å². The number of hydrogen-bond acceptors (Lipinski definition) is 4. The van der Waals surface area contributed by atoms with Gasteiger partial charge in [0.25, 0.3) is 0 Å². The van der Waals surface area contributed by atoms with Crippen LogP contribution in [0.3, 0.4) is 0 Å². The summed E-state index contributed by atoms with van der Waals surface area (Å²) >= 11 is 5.11. The van der Waals surface area contributed by atoms with Crippen molar-refractivity contribution in [3.05, 3.63) is 22.9 Å². The fraction of sp³-hybridized carbons (Fsp3) is 0.533. The van der Waals surface area contributed by atoms with E-state index in [-0.39, 0.29) is 11.9 Å². The number of rotatable bonds is 6. The molecule has 1 aliphatic carbocycles. The van der Waals surface area contributed by atoms with Crippen LogP contribution in [0.25, 0.3) is 0 Å². The Hall–Kier alpha value is -1.69. The lowest BCUT2D eigenvalue weighted by atomic mass is 10.1. The van der Waals surface area contributed by atoms with Crippen molar-refractivity contribution in [1.82, 2.24) is 10.3 Å². The summed E-state index contributed by atoms with van der Waals surface area (Å²) in [4.78, 5) is 16.9. The quantitative estimate of drug-likeness (QED) is 0.695. The highest BCUT2D eigenvalue weighted by molar-refractivity contribution is 7.80. The molecule has 1 aliphatic rings. The van der Waals surface area contributed by atoms with Crippen molar-refractivity contribution in [2.75, 3.05) is 11.9 Å². The molecule has 2 rings (SSSR count). The van der Waals surface area contributed by atoms with Crippen LogP contribution in [-0.4, -0.2) is 28.5 Å². The number of fused-ring (bicyclic) bond motifs is 1. The lowest BCUT2D eigenvalue weighted by molar-refractivity contribution is -0.121. The minimum absolute atomic E-state index is 0.0481. The zero-order valence-corrected chi connectivity index (χ0v) is 13.3. The highest BCUT2D eigenvalue weighted by atomic mass is 32.1. The summed E-state index contributed by atoms with van der Waals surface area (Å²) in [7, 11) is 0. The van der Waals surface area contributed by atoms with Crippen LogP contribution in [0, 0.1) is 0 Å². The number of hydrogen-bond donors (Lipinski definition) is 3. The third-order valence-corrected chi connectivity index (χ3v) is 3.83. The number of pyridine rings is 1. The van der Waals surface area contributed by atoms with Gasteiger partial charge in [0.2, 0.25) is 5.91 Å². The van der Waals surface area contributed by atoms with Crippen LogP contribution in [-0.2, 0) is 17.6 Å². The summed E-state index contributed by atoms with van der Waals surface area (Å²) in [5.74, 6) is 0.565. The molecule has 0 saturated heterocycles. The van der Waals surface area contributed by atoms with E-state index < -0.39 is 0 Å². The highest BCUT2D eigenvalue weighted by Gasteiger charge is 2.20. The van der Waals surface area contributed by atoms with E-state index in [2.05, 4.69) is 15.6 Å². The van der Waals surface area contributed by atoms with Crippen LogP contribution < -0.4 is 16.4 Å². The van der Waals surface area contributed by atoms with Crippen LogP contribution >= 0.6 is 12.2 Å². The van der Waals surface area contributed by atoms with Gasteiger partial charge in [0, 0.05) is 12.2 Å². The van der Waals surface area contributed by atoms with Crippen LogP contribution in [0.1, 0.15) is 43.5 Å². The number of carbonyl (C=O) groups is 1. The molecule has 21 heavy (non-hydrogen) atoms. The molecule has 0 spiro atoms. The normalized spacial score (nSPS) is 14.4. The number of thiocarbonyl (C=S) groups is 1. The van der Waals surface area contributed by atoms with E-state index in [1.807, 2.05) is 19.9 Å². The van der Waals surface area contributed by atoms with Crippen LogP contribution in [0.2, 0.25) is 0 Å². The van der Waals surface area contributed by atoms with E-state index in [0.29, 0.717) is 17.4 Å². The fourth-order valence-electron chi connectivity index (χ4n) is 2.44. The molecule has 5 nitrogen and oxygen atoms in total. The summed E-state index contributed by atoms with van der Waals surface area (Å²) in [6.07, 6.45) is 4.01. The van der Waals surface area contributed by atoms with E-state index in [4.69, 9.17) is 18.0 Å². The van der Waals surface area contributed by atoms with Crippen molar-refractivity contribution >= 4 is 28.9 Å². The summed E-state index contributed by atoms with van der Waals surface area (Å²) in [6.45, 7) is 4.50. The molecule has 0 aliphatic heterocycles. The number of nitrogens with two attached hydrogens (primary N) is 1. The molecule has 1 aromatic rings. The van der Waals surface area contributed by atoms with Gasteiger partial charge in [0.15, 0.2) is 0 Å². The van der Waals surface area contributed by atoms with E-state index in [9.17, 15) is 4.79 Å². The van der Waals surface area contributed by atoms with Gasteiger partial charge < -0.3 is 16.4 Å². The van der Waals surface area contributed by atoms with Gasteiger partial charge in [-0.25, -0.2) is 4.98 Å². The average Bonchev–Trinajstić information content (AvgIpc) is 2.90. The van der Waals surface area contributed by atoms with Crippen LogP contribution in [0.4, 0.5) is 5.82 Å². The van der Waals surface area contributed by atoms with Gasteiger partial charge >= 0.3 is 0 Å². The second-order valence-electron chi connectivity index (χ2n) is 5.37. The summed E-state index contributed by atoms with van der Waals surface area (Å²) in [6, 6.07) is 1.63. The molecule has 0 fully saturated rings. The molecule has 0 aromatic carbocycles. The number of nitrogens with zero attached hydrogens (tertiary/aromatic N) is 1. The smallest absolute Gasteiger partial charge is 0.242 e. The molecule has 0 saturated carbocycles. The Balaban J connectivity index is 2.18. The number of amides is 1. The zero-order chi connectivity index (χ0) is 15.4. The lowest BCUT2D eigenvalue weighted by Crippen LogP contribution is -2.38. The summed E-state index contributed by atoms with van der Waals surface area (Å²) in [5.41, 5.74) is 8.81. The fourth-order valence-corrected chi connectivity index (χ4v) is 2.60. The largest absolute Gasteiger partial charge is 0.389 e. The van der Waals surface area contributed by atoms with Crippen molar-refractivity contribution in [2.24, 2.45) is 5.73 Å². The topological polar surface area (TPSA) is 80.0 Å². The Labute approximate surface area is 130 Å². The highest BCUT2D eigenvalue weighted by Crippen LogP contribution is 2.25. The number of aromatic nitrogens is 1. The maximum absolute atomic E-state index is 12.0. The molecule has 0 bridgehead atoms. The van der Waals surface area contributed by atoms with E-state index in [0.717, 1.165) is 36.9 Å². The van der Waals surface area contributed by atoms with Gasteiger partial charge in [-0.3, -0.25) is 4.79 Å². The molecule has 6 heteroatoms. The van der Waals surface area contributed by atoms with E-state index >= 15 is 0 Å². The first kappa shape index (κ1) is 15.7. The second-order valence-corrected chi connectivity index (χ2v) is 5.81. The second kappa shape index (κ2) is 6.85. The zero-order valence-electron chi connectivity index (χ0n) is 12.5. The Morgan fingerprint density at radius 3 is 2.95 bits per heavy atom. The van der Waals surface area contributed by atoms with Gasteiger partial charge in [-0.1, -0.05) is 19.1 Å². The van der Waals surface area contributed by atoms with Crippen molar-refractivity contribution in [3.8, 4) is 0 Å². The SMILES string of the molecule is CCCNC(=O)C(C)Nc1nc2c(cc1C(N)=S)CCC2. The number of aryl methyl sites for hydroxylation is 2. The van der Waals surface area contributed by atoms with Gasteiger partial charge in [-0.05, 0) is 44.2 Å². The number of anilines is 1. The van der Waals surface area contributed by atoms with Gasteiger partial charge in [-0.15, -0.1) is 0 Å².